The van der Waals surface area contributed by atoms with Crippen molar-refractivity contribution in [3.8, 4) is 11.5 Å². The van der Waals surface area contributed by atoms with Crippen molar-refractivity contribution in [3.05, 3.63) is 54.5 Å². The first-order valence-corrected chi connectivity index (χ1v) is 8.44. The maximum absolute atomic E-state index is 14.3. The van der Waals surface area contributed by atoms with Crippen molar-refractivity contribution in [2.75, 3.05) is 37.3 Å². The van der Waals surface area contributed by atoms with E-state index in [1.807, 2.05) is 18.2 Å². The summed E-state index contributed by atoms with van der Waals surface area (Å²) >= 11 is 0. The van der Waals surface area contributed by atoms with Gasteiger partial charge in [-0.2, -0.15) is 4.98 Å². The third kappa shape index (κ3) is 4.57. The lowest BCUT2D eigenvalue weighted by Crippen LogP contribution is -2.16. The van der Waals surface area contributed by atoms with Gasteiger partial charge >= 0.3 is 0 Å². The van der Waals surface area contributed by atoms with Gasteiger partial charge < -0.3 is 25.5 Å². The summed E-state index contributed by atoms with van der Waals surface area (Å²) in [5.74, 6) is 0.896. The molecule has 4 N–H and O–H groups in total. The van der Waals surface area contributed by atoms with Crippen LogP contribution in [0.1, 0.15) is 0 Å². The van der Waals surface area contributed by atoms with E-state index in [2.05, 4.69) is 31.5 Å². The summed E-state index contributed by atoms with van der Waals surface area (Å²) in [6, 6.07) is 12.6. The number of anilines is 5. The number of hydrogen-bond donors (Lipinski definition) is 4. The predicted octanol–water partition coefficient (Wildman–Crippen LogP) is 3.67. The van der Waals surface area contributed by atoms with Crippen molar-refractivity contribution >= 4 is 28.8 Å². The monoisotopic (exact) mass is 384 g/mol. The zero-order chi connectivity index (χ0) is 19.9. The highest BCUT2D eigenvalue weighted by molar-refractivity contribution is 5.73. The van der Waals surface area contributed by atoms with E-state index >= 15 is 0 Å². The second-order valence-corrected chi connectivity index (χ2v) is 5.66. The normalized spacial score (nSPS) is 10.3. The van der Waals surface area contributed by atoms with E-state index in [-0.39, 0.29) is 11.8 Å². The summed E-state index contributed by atoms with van der Waals surface area (Å²) < 4.78 is 24.8. The summed E-state index contributed by atoms with van der Waals surface area (Å²) in [6.07, 6.45) is 1.10. The van der Waals surface area contributed by atoms with Crippen LogP contribution in [0.25, 0.3) is 0 Å². The molecule has 0 radical (unpaired) electrons. The molecule has 1 heterocycles. The summed E-state index contributed by atoms with van der Waals surface area (Å²) in [5.41, 5.74) is 7.86. The van der Waals surface area contributed by atoms with Crippen molar-refractivity contribution in [2.45, 2.75) is 0 Å². The molecule has 0 aliphatic rings. The number of aromatic nitrogens is 2. The molecule has 0 saturated carbocycles. The Kier molecular flexibility index (Phi) is 6.07. The zero-order valence-corrected chi connectivity index (χ0v) is 15.7. The molecule has 28 heavy (non-hydrogen) atoms. The van der Waals surface area contributed by atoms with Gasteiger partial charge in [0.05, 0.1) is 31.8 Å². The van der Waals surface area contributed by atoms with E-state index in [0.29, 0.717) is 22.9 Å². The van der Waals surface area contributed by atoms with Gasteiger partial charge in [0.25, 0.3) is 0 Å². The molecule has 8 nitrogen and oxygen atoms in total. The fourth-order valence-electron chi connectivity index (χ4n) is 2.49. The molecular formula is C19H21FN6O2. The Balaban J connectivity index is 1.86. The lowest BCUT2D eigenvalue weighted by Gasteiger charge is -2.14. The second kappa shape index (κ2) is 8.87. The number of halogens is 1. The molecule has 3 aromatic rings. The Labute approximate surface area is 162 Å². The number of benzene rings is 2. The van der Waals surface area contributed by atoms with Crippen LogP contribution in [-0.4, -0.2) is 31.2 Å². The number of nitrogens with one attached hydrogen (secondary N) is 4. The fourth-order valence-corrected chi connectivity index (χ4v) is 2.49. The summed E-state index contributed by atoms with van der Waals surface area (Å²) in [7, 11) is 4.86. The van der Waals surface area contributed by atoms with Gasteiger partial charge in [-0.1, -0.05) is 12.1 Å². The van der Waals surface area contributed by atoms with Gasteiger partial charge in [-0.25, -0.2) is 14.8 Å². The van der Waals surface area contributed by atoms with Crippen LogP contribution in [0.5, 0.6) is 11.5 Å². The summed E-state index contributed by atoms with van der Waals surface area (Å²) in [4.78, 5) is 8.24. The number of ether oxygens (including phenoxy) is 2. The summed E-state index contributed by atoms with van der Waals surface area (Å²) in [6.45, 7) is 0. The van der Waals surface area contributed by atoms with Crippen molar-refractivity contribution in [1.29, 1.82) is 0 Å². The predicted molar refractivity (Wildman–Crippen MR) is 107 cm³/mol. The summed E-state index contributed by atoms with van der Waals surface area (Å²) in [5, 5.41) is 6.01. The van der Waals surface area contributed by atoms with Gasteiger partial charge in [0.2, 0.25) is 5.95 Å². The first kappa shape index (κ1) is 19.2. The van der Waals surface area contributed by atoms with Crippen molar-refractivity contribution in [2.24, 2.45) is 0 Å². The molecule has 3 rings (SSSR count). The Bertz CT molecular complexity index is 931. The Morgan fingerprint density at radius 3 is 2.25 bits per heavy atom. The van der Waals surface area contributed by atoms with Gasteiger partial charge in [-0.05, 0) is 12.1 Å². The number of hydrazine groups is 1. The molecule has 0 atom stereocenters. The minimum absolute atomic E-state index is 0.0396. The number of hydrogen-bond acceptors (Lipinski definition) is 8. The lowest BCUT2D eigenvalue weighted by molar-refractivity contribution is 0.395. The molecule has 0 fully saturated rings. The molecule has 146 valence electrons. The van der Waals surface area contributed by atoms with Crippen LogP contribution in [0, 0.1) is 5.82 Å². The van der Waals surface area contributed by atoms with E-state index in [4.69, 9.17) is 9.47 Å². The smallest absolute Gasteiger partial charge is 0.229 e. The van der Waals surface area contributed by atoms with Crippen LogP contribution in [0.2, 0.25) is 0 Å². The maximum atomic E-state index is 14.3. The number of methoxy groups -OCH3 is 2. The average Bonchev–Trinajstić information content (AvgIpc) is 2.71. The van der Waals surface area contributed by atoms with Crippen LogP contribution in [0.3, 0.4) is 0 Å². The molecule has 0 aliphatic heterocycles. The first-order valence-electron chi connectivity index (χ1n) is 8.44. The highest BCUT2D eigenvalue weighted by Crippen LogP contribution is 2.29. The molecule has 2 aromatic carbocycles. The first-order chi connectivity index (χ1) is 13.6. The van der Waals surface area contributed by atoms with Gasteiger partial charge in [-0.3, -0.25) is 0 Å². The van der Waals surface area contributed by atoms with Crippen LogP contribution >= 0.6 is 0 Å². The van der Waals surface area contributed by atoms with Gasteiger partial charge in [0, 0.05) is 30.9 Å². The quantitative estimate of drug-likeness (QED) is 0.437. The zero-order valence-electron chi connectivity index (χ0n) is 15.7. The van der Waals surface area contributed by atoms with E-state index in [9.17, 15) is 4.39 Å². The Morgan fingerprint density at radius 2 is 1.61 bits per heavy atom. The molecule has 0 unspecified atom stereocenters. The van der Waals surface area contributed by atoms with Gasteiger partial charge in [0.1, 0.15) is 11.5 Å². The maximum Gasteiger partial charge on any atom is 0.229 e. The van der Waals surface area contributed by atoms with Crippen LogP contribution in [0.4, 0.5) is 33.2 Å². The topological polar surface area (TPSA) is 92.4 Å². The minimum atomic E-state index is -0.576. The second-order valence-electron chi connectivity index (χ2n) is 5.66. The van der Waals surface area contributed by atoms with Crippen molar-refractivity contribution in [3.63, 3.8) is 0 Å². The molecule has 0 amide bonds. The number of rotatable bonds is 8. The van der Waals surface area contributed by atoms with Crippen LogP contribution in [-0.2, 0) is 0 Å². The largest absolute Gasteiger partial charge is 0.497 e. The van der Waals surface area contributed by atoms with E-state index in [1.165, 1.54) is 0 Å². The fraction of sp³-hybridized carbons (Fsp3) is 0.158. The number of nitrogens with zero attached hydrogens (tertiary/aromatic N) is 2. The van der Waals surface area contributed by atoms with Crippen LogP contribution in [0.15, 0.2) is 48.7 Å². The van der Waals surface area contributed by atoms with Crippen molar-refractivity contribution in [1.82, 2.24) is 15.4 Å². The third-order valence-corrected chi connectivity index (χ3v) is 3.79. The molecule has 0 bridgehead atoms. The SMILES string of the molecule is CNNc1ccccc1Nc1nc(Nc2cc(OC)cc(OC)c2)ncc1F. The van der Waals surface area contributed by atoms with E-state index in [0.717, 1.165) is 11.9 Å². The molecular weight excluding hydrogens is 363 g/mol. The average molecular weight is 384 g/mol. The third-order valence-electron chi connectivity index (χ3n) is 3.79. The van der Waals surface area contributed by atoms with E-state index in [1.54, 1.807) is 45.5 Å². The number of para-hydroxylation sites is 2. The molecule has 0 saturated heterocycles. The Morgan fingerprint density at radius 1 is 0.929 bits per heavy atom. The standard InChI is InChI=1S/C19H21FN6O2/c1-21-26-17-7-5-4-6-16(17)24-18-15(20)11-22-19(25-18)23-12-8-13(27-2)10-14(9-12)28-3/h4-11,21,26H,1-3H3,(H2,22,23,24,25). The molecule has 1 aromatic heterocycles. The highest BCUT2D eigenvalue weighted by atomic mass is 19.1. The molecule has 0 spiro atoms. The van der Waals surface area contributed by atoms with Crippen molar-refractivity contribution < 1.29 is 13.9 Å². The molecule has 9 heteroatoms. The lowest BCUT2D eigenvalue weighted by atomic mass is 10.2. The minimum Gasteiger partial charge on any atom is -0.497 e. The molecule has 0 aliphatic carbocycles. The van der Waals surface area contributed by atoms with Gasteiger partial charge in [-0.15, -0.1) is 0 Å². The Hall–Kier alpha value is -3.59. The van der Waals surface area contributed by atoms with E-state index < -0.39 is 5.82 Å². The van der Waals surface area contributed by atoms with Crippen LogP contribution < -0.4 is 31.0 Å². The highest BCUT2D eigenvalue weighted by Gasteiger charge is 2.11. The van der Waals surface area contributed by atoms with Gasteiger partial charge in [0.15, 0.2) is 11.6 Å².